The first-order valence-corrected chi connectivity index (χ1v) is 26.7. The third-order valence-electron chi connectivity index (χ3n) is 15.1. The Bertz CT molecular complexity index is 2590. The molecular formula is C60H69BrN8O4. The van der Waals surface area contributed by atoms with Crippen molar-refractivity contribution in [3.05, 3.63) is 204 Å². The number of carbonyl (C=O) groups is 4. The van der Waals surface area contributed by atoms with E-state index in [9.17, 15) is 19.2 Å². The number of piperidine rings is 2. The van der Waals surface area contributed by atoms with Crippen molar-refractivity contribution in [1.29, 1.82) is 0 Å². The predicted octanol–water partition coefficient (Wildman–Crippen LogP) is 8.34. The highest BCUT2D eigenvalue weighted by atomic mass is 79.9. The molecular weight excluding hydrogens is 977 g/mol. The number of amides is 4. The second kappa shape index (κ2) is 25.2. The summed E-state index contributed by atoms with van der Waals surface area (Å²) >= 11 is 2.84. The van der Waals surface area contributed by atoms with E-state index >= 15 is 0 Å². The van der Waals surface area contributed by atoms with Crippen molar-refractivity contribution in [3.8, 4) is 0 Å². The Morgan fingerprint density at radius 2 is 0.849 bits per heavy atom. The van der Waals surface area contributed by atoms with Crippen LogP contribution in [0.3, 0.4) is 0 Å². The zero-order valence-electron chi connectivity index (χ0n) is 41.7. The first-order chi connectivity index (χ1) is 35.6. The van der Waals surface area contributed by atoms with Gasteiger partial charge in [-0.2, -0.15) is 0 Å². The lowest BCUT2D eigenvalue weighted by Crippen LogP contribution is -2.56. The maximum atomic E-state index is 13.6. The monoisotopic (exact) mass is 1040 g/mol. The number of nitrogens with one attached hydrogen (secondary N) is 1. The number of likely N-dealkylation sites (tertiary alicyclic amines) is 2. The summed E-state index contributed by atoms with van der Waals surface area (Å²) in [6.07, 6.45) is 5.31. The van der Waals surface area contributed by atoms with Crippen LogP contribution in [-0.2, 0) is 19.2 Å². The van der Waals surface area contributed by atoms with Gasteiger partial charge in [-0.25, -0.2) is 0 Å². The highest BCUT2D eigenvalue weighted by molar-refractivity contribution is 9.09. The fourth-order valence-corrected chi connectivity index (χ4v) is 11.3. The number of hydrogen-bond acceptors (Lipinski definition) is 8. The second-order valence-corrected chi connectivity index (χ2v) is 20.0. The van der Waals surface area contributed by atoms with Gasteiger partial charge < -0.3 is 41.3 Å². The number of benzene rings is 6. The standard InChI is InChI=1S/C30H34N4O2.C28H31N3O.C2H4BrNO/c31-28(35)22-33-23-34(26-14-8-3-9-15-26)30(29(33)36)17-20-32(21-18-30)19-16-27(24-10-4-1-5-11-24)25-12-6-2-7-13-25;32-27-28(31(22-29-27)25-14-8-3-9-15-25)17-20-30(21-18-28)19-16-26(23-10-4-1-5-11-23)24-12-6-2-7-13-24;3-1-2(4)5/h1-15,27H,16-23H2,(H2,31,35);1-15,26H,16-22H2,(H,29,32);1H2,(H2,4,5). The molecule has 4 aliphatic heterocycles. The average molecular weight is 1050 g/mol. The van der Waals surface area contributed by atoms with Gasteiger partial charge in [0.05, 0.1) is 18.7 Å². The van der Waals surface area contributed by atoms with Crippen molar-refractivity contribution in [3.63, 3.8) is 0 Å². The Hall–Kier alpha value is -6.80. The van der Waals surface area contributed by atoms with Gasteiger partial charge in [0.15, 0.2) is 0 Å². The molecule has 12 nitrogen and oxygen atoms in total. The molecule has 0 unspecified atom stereocenters. The van der Waals surface area contributed by atoms with Gasteiger partial charge >= 0.3 is 0 Å². The van der Waals surface area contributed by atoms with Crippen molar-refractivity contribution >= 4 is 50.9 Å². The SMILES string of the molecule is NC(=O)CBr.NC(=O)CN1CN(c2ccccc2)C2(CCN(CCC(c3ccccc3)c3ccccc3)CC2)C1=O.O=C1NCN(c2ccccc2)C12CCN(CCC(c1ccccc1)c1ccccc1)CC2. The Kier molecular flexibility index (Phi) is 18.2. The summed E-state index contributed by atoms with van der Waals surface area (Å²) in [6.45, 7) is 6.56. The van der Waals surface area contributed by atoms with Gasteiger partial charge in [0.25, 0.3) is 0 Å². The first-order valence-electron chi connectivity index (χ1n) is 25.6. The summed E-state index contributed by atoms with van der Waals surface area (Å²) in [5, 5.41) is 3.36. The zero-order valence-corrected chi connectivity index (χ0v) is 43.3. The highest BCUT2D eigenvalue weighted by Gasteiger charge is 2.54. The summed E-state index contributed by atoms with van der Waals surface area (Å²) < 4.78 is 0. The van der Waals surface area contributed by atoms with E-state index in [4.69, 9.17) is 5.73 Å². The minimum absolute atomic E-state index is 0.0243. The molecule has 0 aromatic heterocycles. The first kappa shape index (κ1) is 52.5. The summed E-state index contributed by atoms with van der Waals surface area (Å²) in [5.41, 5.74) is 16.6. The number of para-hydroxylation sites is 2. The molecule has 0 aliphatic carbocycles. The van der Waals surface area contributed by atoms with Crippen molar-refractivity contribution in [2.75, 3.05) is 74.3 Å². The maximum Gasteiger partial charge on any atom is 0.250 e. The minimum atomic E-state index is -0.619. The van der Waals surface area contributed by atoms with Crippen LogP contribution in [0, 0.1) is 0 Å². The van der Waals surface area contributed by atoms with Crippen molar-refractivity contribution in [2.24, 2.45) is 11.5 Å². The van der Waals surface area contributed by atoms with Crippen molar-refractivity contribution in [1.82, 2.24) is 20.0 Å². The average Bonchev–Trinajstić information content (AvgIpc) is 3.89. The smallest absolute Gasteiger partial charge is 0.250 e. The van der Waals surface area contributed by atoms with Crippen LogP contribution in [-0.4, -0.2) is 114 Å². The van der Waals surface area contributed by atoms with E-state index in [1.54, 1.807) is 4.90 Å². The Labute approximate surface area is 439 Å². The number of hydrogen-bond donors (Lipinski definition) is 3. The summed E-state index contributed by atoms with van der Waals surface area (Å²) in [7, 11) is 0. The van der Waals surface area contributed by atoms with Crippen LogP contribution in [0.15, 0.2) is 182 Å². The lowest BCUT2D eigenvalue weighted by molar-refractivity contribution is -0.136. The highest BCUT2D eigenvalue weighted by Crippen LogP contribution is 2.41. The third-order valence-corrected chi connectivity index (χ3v) is 15.7. The van der Waals surface area contributed by atoms with Gasteiger partial charge in [0.1, 0.15) is 17.6 Å². The number of nitrogens with two attached hydrogens (primary N) is 2. The fourth-order valence-electron chi connectivity index (χ4n) is 11.3. The molecule has 0 atom stereocenters. The van der Waals surface area contributed by atoms with Crippen LogP contribution in [0.4, 0.5) is 11.4 Å². The maximum absolute atomic E-state index is 13.6. The molecule has 5 N–H and O–H groups in total. The normalized spacial score (nSPS) is 17.3. The third kappa shape index (κ3) is 12.9. The number of anilines is 2. The number of rotatable bonds is 15. The fraction of sp³-hybridized carbons (Fsp3) is 0.333. The largest absolute Gasteiger partial charge is 0.369 e. The molecule has 2 spiro atoms. The van der Waals surface area contributed by atoms with Crippen LogP contribution in [0.2, 0.25) is 0 Å². The van der Waals surface area contributed by atoms with E-state index in [2.05, 4.69) is 180 Å². The van der Waals surface area contributed by atoms with Gasteiger partial charge in [-0.05, 0) is 98.1 Å². The number of carbonyl (C=O) groups excluding carboxylic acids is 4. The summed E-state index contributed by atoms with van der Waals surface area (Å²) in [5.74, 6) is 0.138. The molecule has 4 amide bonds. The molecule has 0 radical (unpaired) electrons. The molecule has 6 aromatic rings. The molecule has 0 saturated carbocycles. The number of nitrogens with zero attached hydrogens (tertiary/aromatic N) is 5. The van der Waals surface area contributed by atoms with E-state index < -0.39 is 17.0 Å². The van der Waals surface area contributed by atoms with E-state index in [1.165, 1.54) is 22.3 Å². The molecule has 0 bridgehead atoms. The van der Waals surface area contributed by atoms with Crippen LogP contribution in [0.1, 0.15) is 72.6 Å². The summed E-state index contributed by atoms with van der Waals surface area (Å²) in [4.78, 5) is 58.8. The lowest BCUT2D eigenvalue weighted by Gasteiger charge is -2.43. The van der Waals surface area contributed by atoms with Crippen LogP contribution in [0.25, 0.3) is 0 Å². The van der Waals surface area contributed by atoms with Gasteiger partial charge in [0.2, 0.25) is 23.6 Å². The second-order valence-electron chi connectivity index (χ2n) is 19.5. The van der Waals surface area contributed by atoms with Gasteiger partial charge in [-0.15, -0.1) is 0 Å². The molecule has 380 valence electrons. The van der Waals surface area contributed by atoms with Crippen molar-refractivity contribution in [2.45, 2.75) is 61.4 Å². The van der Waals surface area contributed by atoms with Crippen molar-refractivity contribution < 1.29 is 19.2 Å². The Balaban J connectivity index is 0.000000179. The van der Waals surface area contributed by atoms with Crippen LogP contribution in [0.5, 0.6) is 0 Å². The predicted molar refractivity (Wildman–Crippen MR) is 295 cm³/mol. The van der Waals surface area contributed by atoms with Gasteiger partial charge in [0, 0.05) is 49.4 Å². The topological polar surface area (TPSA) is 149 Å². The molecule has 10 rings (SSSR count). The quantitative estimate of drug-likeness (QED) is 0.0871. The number of halogens is 1. The van der Waals surface area contributed by atoms with E-state index in [-0.39, 0.29) is 29.6 Å². The molecule has 4 fully saturated rings. The van der Waals surface area contributed by atoms with Gasteiger partial charge in [-0.3, -0.25) is 19.2 Å². The molecule has 73 heavy (non-hydrogen) atoms. The summed E-state index contributed by atoms with van der Waals surface area (Å²) in [6, 6.07) is 63.5. The van der Waals surface area contributed by atoms with Crippen LogP contribution >= 0.6 is 15.9 Å². The molecule has 4 heterocycles. The van der Waals surface area contributed by atoms with E-state index in [0.29, 0.717) is 25.2 Å². The number of primary amides is 2. The molecule has 6 aromatic carbocycles. The lowest BCUT2D eigenvalue weighted by atomic mass is 9.84. The zero-order chi connectivity index (χ0) is 51.0. The molecule has 4 saturated heterocycles. The van der Waals surface area contributed by atoms with E-state index in [0.717, 1.165) is 89.2 Å². The molecule has 4 aliphatic rings. The van der Waals surface area contributed by atoms with E-state index in [1.807, 2.05) is 48.5 Å². The number of alkyl halides is 1. The Morgan fingerprint density at radius 1 is 0.507 bits per heavy atom. The minimum Gasteiger partial charge on any atom is -0.369 e. The van der Waals surface area contributed by atoms with Crippen LogP contribution < -0.4 is 26.6 Å². The molecule has 13 heteroatoms. The van der Waals surface area contributed by atoms with Gasteiger partial charge in [-0.1, -0.05) is 174 Å². The Morgan fingerprint density at radius 3 is 1.21 bits per heavy atom.